The van der Waals surface area contributed by atoms with Crippen LogP contribution in [0.15, 0.2) is 42.6 Å². The molecule has 1 saturated heterocycles. The van der Waals surface area contributed by atoms with Gasteiger partial charge in [-0.3, -0.25) is 19.4 Å². The summed E-state index contributed by atoms with van der Waals surface area (Å²) < 4.78 is 25.5. The highest BCUT2D eigenvalue weighted by molar-refractivity contribution is 7.92. The number of amides is 1. The summed E-state index contributed by atoms with van der Waals surface area (Å²) in [5.41, 5.74) is 2.73. The van der Waals surface area contributed by atoms with E-state index in [1.165, 1.54) is 0 Å². The fourth-order valence-corrected chi connectivity index (χ4v) is 3.70. The Labute approximate surface area is 160 Å². The third-order valence-electron chi connectivity index (χ3n) is 4.55. The van der Waals surface area contributed by atoms with Crippen LogP contribution in [-0.4, -0.2) is 61.5 Å². The zero-order chi connectivity index (χ0) is 19.4. The highest BCUT2D eigenvalue weighted by atomic mass is 32.2. The Morgan fingerprint density at radius 3 is 2.52 bits per heavy atom. The quantitative estimate of drug-likeness (QED) is 0.843. The number of carbonyl (C=O) groups excluding carboxylic acids is 1. The molecule has 0 atom stereocenters. The Balaban J connectivity index is 1.63. The predicted octanol–water partition coefficient (Wildman–Crippen LogP) is 1.72. The lowest BCUT2D eigenvalue weighted by Crippen LogP contribution is -2.48. The van der Waals surface area contributed by atoms with Crippen LogP contribution >= 0.6 is 0 Å². The van der Waals surface area contributed by atoms with Crippen molar-refractivity contribution < 1.29 is 13.2 Å². The number of hydrogen-bond donors (Lipinski definition) is 1. The second-order valence-corrected chi connectivity index (χ2v) is 8.54. The van der Waals surface area contributed by atoms with Crippen molar-refractivity contribution in [2.75, 3.05) is 37.2 Å². The van der Waals surface area contributed by atoms with Crippen molar-refractivity contribution >= 4 is 21.6 Å². The molecular weight excluding hydrogens is 364 g/mol. The Bertz CT molecular complexity index is 908. The normalized spacial score (nSPS) is 15.6. The molecule has 0 radical (unpaired) electrons. The lowest BCUT2D eigenvalue weighted by molar-refractivity contribution is 0.0627. The molecule has 3 rings (SSSR count). The first-order valence-electron chi connectivity index (χ1n) is 8.82. The summed E-state index contributed by atoms with van der Waals surface area (Å²) in [6.07, 6.45) is 2.89. The molecule has 7 nitrogen and oxygen atoms in total. The van der Waals surface area contributed by atoms with Crippen LogP contribution in [0.1, 0.15) is 21.6 Å². The van der Waals surface area contributed by atoms with Gasteiger partial charge in [-0.1, -0.05) is 12.1 Å². The van der Waals surface area contributed by atoms with Gasteiger partial charge in [-0.05, 0) is 36.8 Å². The molecule has 0 saturated carbocycles. The van der Waals surface area contributed by atoms with E-state index in [9.17, 15) is 13.2 Å². The van der Waals surface area contributed by atoms with Crippen LogP contribution < -0.4 is 4.72 Å². The van der Waals surface area contributed by atoms with Gasteiger partial charge in [-0.25, -0.2) is 8.42 Å². The number of sulfonamides is 1. The first-order valence-corrected chi connectivity index (χ1v) is 10.7. The minimum atomic E-state index is -3.39. The number of anilines is 1. The van der Waals surface area contributed by atoms with Crippen molar-refractivity contribution in [1.29, 1.82) is 0 Å². The van der Waals surface area contributed by atoms with Gasteiger partial charge in [0.2, 0.25) is 10.0 Å². The molecule has 144 valence electrons. The standard InChI is InChI=1S/C19H24N4O3S/c1-15-6-7-16(13-18(15)21-27(2,25)26)19(24)23-11-9-22(10-12-23)14-17-5-3-4-8-20-17/h3-8,13,21H,9-12,14H2,1-2H3. The topological polar surface area (TPSA) is 82.6 Å². The molecule has 0 spiro atoms. The second-order valence-electron chi connectivity index (χ2n) is 6.79. The van der Waals surface area contributed by atoms with E-state index in [1.807, 2.05) is 23.1 Å². The van der Waals surface area contributed by atoms with Gasteiger partial charge in [-0.15, -0.1) is 0 Å². The highest BCUT2D eigenvalue weighted by Gasteiger charge is 2.23. The van der Waals surface area contributed by atoms with Gasteiger partial charge >= 0.3 is 0 Å². The fourth-order valence-electron chi connectivity index (χ4n) is 3.08. The first kappa shape index (κ1) is 19.3. The third kappa shape index (κ3) is 5.27. The summed E-state index contributed by atoms with van der Waals surface area (Å²) in [7, 11) is -3.39. The van der Waals surface area contributed by atoms with Gasteiger partial charge in [0.15, 0.2) is 0 Å². The van der Waals surface area contributed by atoms with E-state index in [0.717, 1.165) is 37.1 Å². The third-order valence-corrected chi connectivity index (χ3v) is 5.14. The number of rotatable bonds is 5. The Hall–Kier alpha value is -2.45. The van der Waals surface area contributed by atoms with E-state index in [0.29, 0.717) is 24.3 Å². The number of nitrogens with one attached hydrogen (secondary N) is 1. The number of nitrogens with zero attached hydrogens (tertiary/aromatic N) is 3. The van der Waals surface area contributed by atoms with Gasteiger partial charge < -0.3 is 4.90 Å². The lowest BCUT2D eigenvalue weighted by Gasteiger charge is -2.34. The average Bonchev–Trinajstić information content (AvgIpc) is 2.63. The maximum Gasteiger partial charge on any atom is 0.254 e. The van der Waals surface area contributed by atoms with E-state index in [2.05, 4.69) is 14.6 Å². The van der Waals surface area contributed by atoms with Crippen LogP contribution in [-0.2, 0) is 16.6 Å². The summed E-state index contributed by atoms with van der Waals surface area (Å²) >= 11 is 0. The van der Waals surface area contributed by atoms with E-state index >= 15 is 0 Å². The number of hydrogen-bond acceptors (Lipinski definition) is 5. The zero-order valence-corrected chi connectivity index (χ0v) is 16.4. The fraction of sp³-hybridized carbons (Fsp3) is 0.368. The molecular formula is C19H24N4O3S. The van der Waals surface area contributed by atoms with Crippen LogP contribution in [0.25, 0.3) is 0 Å². The summed E-state index contributed by atoms with van der Waals surface area (Å²) in [6, 6.07) is 11.0. The molecule has 1 aromatic carbocycles. The molecule has 1 aromatic heterocycles. The van der Waals surface area contributed by atoms with Crippen molar-refractivity contribution in [3.05, 3.63) is 59.4 Å². The molecule has 1 fully saturated rings. The second kappa shape index (κ2) is 8.06. The summed E-state index contributed by atoms with van der Waals surface area (Å²) in [6.45, 7) is 5.40. The summed E-state index contributed by atoms with van der Waals surface area (Å²) in [5, 5.41) is 0. The van der Waals surface area contributed by atoms with E-state index in [-0.39, 0.29) is 5.91 Å². The number of carbonyl (C=O) groups is 1. The van der Waals surface area contributed by atoms with Gasteiger partial charge in [0.1, 0.15) is 0 Å². The van der Waals surface area contributed by atoms with E-state index in [4.69, 9.17) is 0 Å². The highest BCUT2D eigenvalue weighted by Crippen LogP contribution is 2.20. The molecule has 0 bridgehead atoms. The van der Waals surface area contributed by atoms with Crippen molar-refractivity contribution in [2.24, 2.45) is 0 Å². The Kier molecular flexibility index (Phi) is 5.76. The SMILES string of the molecule is Cc1ccc(C(=O)N2CCN(Cc3ccccn3)CC2)cc1NS(C)(=O)=O. The molecule has 1 amide bonds. The van der Waals surface area contributed by atoms with Crippen molar-refractivity contribution in [3.8, 4) is 0 Å². The molecule has 1 aliphatic heterocycles. The van der Waals surface area contributed by atoms with Crippen molar-refractivity contribution in [3.63, 3.8) is 0 Å². The number of aromatic nitrogens is 1. The van der Waals surface area contributed by atoms with Crippen LogP contribution in [0.5, 0.6) is 0 Å². The molecule has 1 N–H and O–H groups in total. The zero-order valence-electron chi connectivity index (χ0n) is 15.6. The maximum atomic E-state index is 12.8. The monoisotopic (exact) mass is 388 g/mol. The van der Waals surface area contributed by atoms with Crippen molar-refractivity contribution in [2.45, 2.75) is 13.5 Å². The van der Waals surface area contributed by atoms with Crippen LogP contribution in [0.2, 0.25) is 0 Å². The Morgan fingerprint density at radius 2 is 1.89 bits per heavy atom. The smallest absolute Gasteiger partial charge is 0.254 e. The largest absolute Gasteiger partial charge is 0.336 e. The number of benzene rings is 1. The lowest BCUT2D eigenvalue weighted by atomic mass is 10.1. The van der Waals surface area contributed by atoms with Gasteiger partial charge in [-0.2, -0.15) is 0 Å². The maximum absolute atomic E-state index is 12.8. The van der Waals surface area contributed by atoms with Crippen molar-refractivity contribution in [1.82, 2.24) is 14.8 Å². The van der Waals surface area contributed by atoms with Gasteiger partial charge in [0.25, 0.3) is 5.91 Å². The minimum Gasteiger partial charge on any atom is -0.336 e. The number of piperazine rings is 1. The molecule has 8 heteroatoms. The van der Waals surface area contributed by atoms with Crippen LogP contribution in [0.4, 0.5) is 5.69 Å². The number of aryl methyl sites for hydroxylation is 1. The molecule has 2 aromatic rings. The molecule has 0 aliphatic carbocycles. The predicted molar refractivity (Wildman–Crippen MR) is 105 cm³/mol. The average molecular weight is 388 g/mol. The van der Waals surface area contributed by atoms with Crippen LogP contribution in [0.3, 0.4) is 0 Å². The van der Waals surface area contributed by atoms with Gasteiger partial charge in [0, 0.05) is 44.5 Å². The Morgan fingerprint density at radius 1 is 1.15 bits per heavy atom. The molecule has 27 heavy (non-hydrogen) atoms. The molecule has 0 unspecified atom stereocenters. The van der Waals surface area contributed by atoms with Gasteiger partial charge in [0.05, 0.1) is 17.6 Å². The minimum absolute atomic E-state index is 0.0796. The molecule has 1 aliphatic rings. The van der Waals surface area contributed by atoms with E-state index in [1.54, 1.807) is 31.3 Å². The number of pyridine rings is 1. The van der Waals surface area contributed by atoms with E-state index < -0.39 is 10.0 Å². The summed E-state index contributed by atoms with van der Waals surface area (Å²) in [4.78, 5) is 21.2. The molecule has 2 heterocycles. The van der Waals surface area contributed by atoms with Crippen LogP contribution in [0, 0.1) is 6.92 Å². The first-order chi connectivity index (χ1) is 12.8. The summed E-state index contributed by atoms with van der Waals surface area (Å²) in [5.74, 6) is -0.0796.